The van der Waals surface area contributed by atoms with Crippen molar-refractivity contribution in [1.82, 2.24) is 0 Å². The number of hydrogen-bond acceptors (Lipinski definition) is 7. The standard InChI is InChI=1S/C23H16ClN3O6/c1-2-32-23(29)15-5-3-14(4-6-15)21-10-8-18(33-21)11-16(13-25)22(28)26-17-7-9-19(24)20(12-17)27(30)31/h3-12H,2H2,1H3,(H,26,28). The van der Waals surface area contributed by atoms with Crippen LogP contribution in [0.1, 0.15) is 23.0 Å². The summed E-state index contributed by atoms with van der Waals surface area (Å²) in [4.78, 5) is 34.5. The first-order valence-corrected chi connectivity index (χ1v) is 9.94. The lowest BCUT2D eigenvalue weighted by Gasteiger charge is -2.04. The highest BCUT2D eigenvalue weighted by Gasteiger charge is 2.16. The Hall–Kier alpha value is -4.42. The number of furan rings is 1. The number of amides is 1. The van der Waals surface area contributed by atoms with Crippen molar-refractivity contribution in [2.24, 2.45) is 0 Å². The van der Waals surface area contributed by atoms with Gasteiger partial charge in [0, 0.05) is 23.4 Å². The number of ether oxygens (including phenoxy) is 1. The van der Waals surface area contributed by atoms with Gasteiger partial charge in [-0.1, -0.05) is 23.7 Å². The van der Waals surface area contributed by atoms with Gasteiger partial charge in [0.1, 0.15) is 28.2 Å². The van der Waals surface area contributed by atoms with Crippen molar-refractivity contribution in [3.05, 3.63) is 86.6 Å². The Morgan fingerprint density at radius 1 is 1.21 bits per heavy atom. The molecule has 3 rings (SSSR count). The van der Waals surface area contributed by atoms with Crippen LogP contribution in [0.25, 0.3) is 17.4 Å². The minimum atomic E-state index is -0.772. The molecule has 0 saturated carbocycles. The summed E-state index contributed by atoms with van der Waals surface area (Å²) in [5.41, 5.74) is 0.545. The zero-order valence-electron chi connectivity index (χ0n) is 17.2. The lowest BCUT2D eigenvalue weighted by molar-refractivity contribution is -0.384. The van der Waals surface area contributed by atoms with Gasteiger partial charge in [-0.25, -0.2) is 4.79 Å². The molecule has 0 radical (unpaired) electrons. The average molecular weight is 466 g/mol. The van der Waals surface area contributed by atoms with Crippen molar-refractivity contribution in [3.8, 4) is 17.4 Å². The number of carbonyl (C=O) groups excluding carboxylic acids is 2. The van der Waals surface area contributed by atoms with E-state index in [4.69, 9.17) is 20.8 Å². The van der Waals surface area contributed by atoms with Crippen LogP contribution >= 0.6 is 11.6 Å². The van der Waals surface area contributed by atoms with Gasteiger partial charge < -0.3 is 14.5 Å². The molecule has 33 heavy (non-hydrogen) atoms. The van der Waals surface area contributed by atoms with Gasteiger partial charge in [0.15, 0.2) is 0 Å². The number of hydrogen-bond donors (Lipinski definition) is 1. The molecule has 0 fully saturated rings. The summed E-state index contributed by atoms with van der Waals surface area (Å²) in [7, 11) is 0. The van der Waals surface area contributed by atoms with Gasteiger partial charge >= 0.3 is 5.97 Å². The van der Waals surface area contributed by atoms with Gasteiger partial charge in [0.05, 0.1) is 17.1 Å². The topological polar surface area (TPSA) is 135 Å². The molecule has 0 spiro atoms. The van der Waals surface area contributed by atoms with Gasteiger partial charge in [-0.2, -0.15) is 5.26 Å². The normalized spacial score (nSPS) is 10.9. The molecule has 10 heteroatoms. The Labute approximate surface area is 193 Å². The van der Waals surface area contributed by atoms with E-state index in [1.807, 2.05) is 0 Å². The van der Waals surface area contributed by atoms with E-state index in [1.54, 1.807) is 49.4 Å². The highest BCUT2D eigenvalue weighted by Crippen LogP contribution is 2.28. The first-order valence-electron chi connectivity index (χ1n) is 9.57. The molecule has 1 N–H and O–H groups in total. The summed E-state index contributed by atoms with van der Waals surface area (Å²) in [6.07, 6.45) is 1.25. The lowest BCUT2D eigenvalue weighted by atomic mass is 10.1. The van der Waals surface area contributed by atoms with E-state index < -0.39 is 16.8 Å². The number of nitro benzene ring substituents is 1. The number of nitriles is 1. The van der Waals surface area contributed by atoms with Crippen LogP contribution in [0.2, 0.25) is 5.02 Å². The summed E-state index contributed by atoms with van der Waals surface area (Å²) in [6, 6.07) is 15.3. The summed E-state index contributed by atoms with van der Waals surface area (Å²) in [5, 5.41) is 22.7. The van der Waals surface area contributed by atoms with Crippen molar-refractivity contribution in [2.45, 2.75) is 6.92 Å². The molecule has 0 unspecified atom stereocenters. The Kier molecular flexibility index (Phi) is 7.23. The van der Waals surface area contributed by atoms with Crippen molar-refractivity contribution in [1.29, 1.82) is 5.26 Å². The van der Waals surface area contributed by atoms with Gasteiger partial charge in [0.2, 0.25) is 0 Å². The first kappa shape index (κ1) is 23.2. The van der Waals surface area contributed by atoms with E-state index in [0.29, 0.717) is 16.9 Å². The molecular formula is C23H16ClN3O6. The molecule has 1 heterocycles. The second kappa shape index (κ2) is 10.3. The SMILES string of the molecule is CCOC(=O)c1ccc(-c2ccc(C=C(C#N)C(=O)Nc3ccc(Cl)c([N+](=O)[O-])c3)o2)cc1. The third-order valence-electron chi connectivity index (χ3n) is 4.36. The summed E-state index contributed by atoms with van der Waals surface area (Å²) in [6.45, 7) is 2.00. The van der Waals surface area contributed by atoms with Crippen molar-refractivity contribution in [2.75, 3.05) is 11.9 Å². The Balaban J connectivity index is 1.77. The molecule has 1 amide bonds. The maximum Gasteiger partial charge on any atom is 0.338 e. The number of anilines is 1. The molecule has 0 aliphatic heterocycles. The van der Waals surface area contributed by atoms with E-state index >= 15 is 0 Å². The van der Waals surface area contributed by atoms with Crippen LogP contribution in [0.15, 0.2) is 64.6 Å². The monoisotopic (exact) mass is 465 g/mol. The number of esters is 1. The van der Waals surface area contributed by atoms with Gasteiger partial charge in [0.25, 0.3) is 11.6 Å². The second-order valence-corrected chi connectivity index (χ2v) is 6.95. The zero-order chi connectivity index (χ0) is 24.0. The third-order valence-corrected chi connectivity index (χ3v) is 4.68. The molecule has 9 nitrogen and oxygen atoms in total. The lowest BCUT2D eigenvalue weighted by Crippen LogP contribution is -2.13. The molecular weight excluding hydrogens is 450 g/mol. The molecule has 2 aromatic carbocycles. The predicted octanol–water partition coefficient (Wildman–Crippen LogP) is 5.23. The van der Waals surface area contributed by atoms with Crippen LogP contribution in [0.3, 0.4) is 0 Å². The number of nitrogens with one attached hydrogen (secondary N) is 1. The van der Waals surface area contributed by atoms with Crippen LogP contribution in [0, 0.1) is 21.4 Å². The van der Waals surface area contributed by atoms with Crippen LogP contribution in [-0.2, 0) is 9.53 Å². The molecule has 3 aromatic rings. The summed E-state index contributed by atoms with van der Waals surface area (Å²) in [5.74, 6) is -0.496. The Bertz CT molecular complexity index is 1290. The van der Waals surface area contributed by atoms with Crippen molar-refractivity contribution < 1.29 is 23.7 Å². The second-order valence-electron chi connectivity index (χ2n) is 6.55. The molecule has 0 bridgehead atoms. The van der Waals surface area contributed by atoms with Gasteiger partial charge in [-0.05, 0) is 43.3 Å². The Morgan fingerprint density at radius 3 is 2.58 bits per heavy atom. The smallest absolute Gasteiger partial charge is 0.338 e. The van der Waals surface area contributed by atoms with E-state index in [1.165, 1.54) is 18.2 Å². The Morgan fingerprint density at radius 2 is 1.94 bits per heavy atom. The van der Waals surface area contributed by atoms with Gasteiger partial charge in [-0.3, -0.25) is 14.9 Å². The van der Waals surface area contributed by atoms with Crippen molar-refractivity contribution in [3.63, 3.8) is 0 Å². The maximum absolute atomic E-state index is 12.5. The number of nitrogens with zero attached hydrogens (tertiary/aromatic N) is 2. The van der Waals surface area contributed by atoms with Crippen LogP contribution < -0.4 is 5.32 Å². The molecule has 1 aromatic heterocycles. The van der Waals surface area contributed by atoms with Gasteiger partial charge in [-0.15, -0.1) is 0 Å². The molecule has 166 valence electrons. The average Bonchev–Trinajstić information content (AvgIpc) is 3.27. The third kappa shape index (κ3) is 5.64. The molecule has 0 atom stereocenters. The molecule has 0 aliphatic carbocycles. The highest BCUT2D eigenvalue weighted by atomic mass is 35.5. The summed E-state index contributed by atoms with van der Waals surface area (Å²) < 4.78 is 10.6. The molecule has 0 saturated heterocycles. The number of nitro groups is 1. The molecule has 0 aliphatic rings. The minimum Gasteiger partial charge on any atom is -0.462 e. The largest absolute Gasteiger partial charge is 0.462 e. The van der Waals surface area contributed by atoms with E-state index in [0.717, 1.165) is 6.07 Å². The zero-order valence-corrected chi connectivity index (χ0v) is 18.0. The maximum atomic E-state index is 12.5. The number of carbonyl (C=O) groups is 2. The highest BCUT2D eigenvalue weighted by molar-refractivity contribution is 6.32. The van der Waals surface area contributed by atoms with Crippen LogP contribution in [0.4, 0.5) is 11.4 Å². The van der Waals surface area contributed by atoms with Crippen LogP contribution in [0.5, 0.6) is 0 Å². The quantitative estimate of drug-likeness (QED) is 0.166. The van der Waals surface area contributed by atoms with E-state index in [9.17, 15) is 25.0 Å². The number of rotatable bonds is 7. The minimum absolute atomic E-state index is 0.0764. The fraction of sp³-hybridized carbons (Fsp3) is 0.0870. The first-order chi connectivity index (χ1) is 15.8. The fourth-order valence-electron chi connectivity index (χ4n) is 2.79. The van der Waals surface area contributed by atoms with Crippen LogP contribution in [-0.4, -0.2) is 23.4 Å². The predicted molar refractivity (Wildman–Crippen MR) is 120 cm³/mol. The number of halogens is 1. The van der Waals surface area contributed by atoms with E-state index in [2.05, 4.69) is 5.32 Å². The number of benzene rings is 2. The summed E-state index contributed by atoms with van der Waals surface area (Å²) >= 11 is 5.76. The van der Waals surface area contributed by atoms with Crippen molar-refractivity contribution >= 4 is 40.9 Å². The fourth-order valence-corrected chi connectivity index (χ4v) is 2.98. The van der Waals surface area contributed by atoms with E-state index in [-0.39, 0.29) is 34.3 Å².